The fourth-order valence-electron chi connectivity index (χ4n) is 2.19. The maximum atomic E-state index is 11.4. The first-order valence-electron chi connectivity index (χ1n) is 7.80. The second-order valence-electron chi connectivity index (χ2n) is 5.51. The molecule has 0 aliphatic rings. The van der Waals surface area contributed by atoms with Crippen LogP contribution in [0.5, 0.6) is 0 Å². The second kappa shape index (κ2) is 8.85. The van der Waals surface area contributed by atoms with Gasteiger partial charge in [0.25, 0.3) is 7.82 Å². The molecule has 2 rings (SSSR count). The number of aromatic nitrogens is 3. The number of hydrogen-bond donors (Lipinski definition) is 3. The van der Waals surface area contributed by atoms with Gasteiger partial charge in [0.2, 0.25) is 5.51 Å². The normalized spacial score (nSPS) is 16.0. The number of rotatable bonds is 9. The van der Waals surface area contributed by atoms with Gasteiger partial charge in [0.1, 0.15) is 11.6 Å². The molecule has 11 nitrogen and oxygen atoms in total. The molecule has 2 heterocycles. The van der Waals surface area contributed by atoms with Crippen molar-refractivity contribution in [1.82, 2.24) is 9.97 Å². The van der Waals surface area contributed by atoms with Crippen molar-refractivity contribution >= 4 is 32.8 Å². The third-order valence-corrected chi connectivity index (χ3v) is 6.86. The van der Waals surface area contributed by atoms with Crippen molar-refractivity contribution in [2.45, 2.75) is 33.2 Å². The van der Waals surface area contributed by atoms with E-state index in [0.717, 1.165) is 16.1 Å². The first-order chi connectivity index (χ1) is 12.5. The van der Waals surface area contributed by atoms with E-state index in [1.54, 1.807) is 6.20 Å². The van der Waals surface area contributed by atoms with E-state index in [-0.39, 0.29) is 13.0 Å². The summed E-state index contributed by atoms with van der Waals surface area (Å²) in [6, 6.07) is 0. The number of aryl methyl sites for hydroxylation is 1. The zero-order valence-electron chi connectivity index (χ0n) is 14.6. The Morgan fingerprint density at radius 3 is 2.70 bits per heavy atom. The van der Waals surface area contributed by atoms with Gasteiger partial charge in [-0.2, -0.15) is 4.57 Å². The van der Waals surface area contributed by atoms with Crippen LogP contribution in [-0.4, -0.2) is 26.4 Å². The van der Waals surface area contributed by atoms with E-state index in [1.165, 1.54) is 11.3 Å². The molecule has 0 aliphatic heterocycles. The molecule has 2 aromatic rings. The minimum absolute atomic E-state index is 0.243. The fourth-order valence-corrected chi connectivity index (χ4v) is 4.72. The molecule has 150 valence electrons. The molecule has 2 atom stereocenters. The highest BCUT2D eigenvalue weighted by atomic mass is 32.1. The molecule has 0 spiro atoms. The van der Waals surface area contributed by atoms with Crippen LogP contribution in [0.3, 0.4) is 0 Å². The van der Waals surface area contributed by atoms with Gasteiger partial charge in [-0.15, -0.1) is 0 Å². The molecule has 2 aromatic heterocycles. The maximum absolute atomic E-state index is 11.4. The summed E-state index contributed by atoms with van der Waals surface area (Å²) in [5.74, 6) is 1.08. The molecule has 0 fully saturated rings. The molecular weight excluding hydrogens is 418 g/mol. The van der Waals surface area contributed by atoms with Gasteiger partial charge in [-0.3, -0.25) is 9.09 Å². The van der Waals surface area contributed by atoms with E-state index < -0.39 is 15.6 Å². The summed E-state index contributed by atoms with van der Waals surface area (Å²) >= 11 is 1.40. The van der Waals surface area contributed by atoms with Gasteiger partial charge < -0.3 is 20.4 Å². The van der Waals surface area contributed by atoms with Crippen LogP contribution in [0.4, 0.5) is 5.82 Å². The van der Waals surface area contributed by atoms with Gasteiger partial charge in [0.05, 0.1) is 17.0 Å². The monoisotopic (exact) mass is 438 g/mol. The number of nitrogens with two attached hydrogens (primary N) is 1. The van der Waals surface area contributed by atoms with Crippen molar-refractivity contribution in [3.8, 4) is 0 Å². The molecule has 14 heteroatoms. The lowest BCUT2D eigenvalue weighted by Gasteiger charge is -2.18. The quantitative estimate of drug-likeness (QED) is 0.369. The van der Waals surface area contributed by atoms with E-state index >= 15 is 0 Å². The topological polar surface area (TPSA) is 172 Å². The zero-order valence-corrected chi connectivity index (χ0v) is 17.2. The van der Waals surface area contributed by atoms with Crippen LogP contribution < -0.4 is 15.2 Å². The predicted octanol–water partition coefficient (Wildman–Crippen LogP) is 0.464. The van der Waals surface area contributed by atoms with Crippen LogP contribution in [0.1, 0.15) is 28.9 Å². The Balaban J connectivity index is 1.99. The van der Waals surface area contributed by atoms with Gasteiger partial charge in [-0.1, -0.05) is 18.3 Å². The number of phosphoric acid groups is 2. The summed E-state index contributed by atoms with van der Waals surface area (Å²) in [6.45, 7) is 3.99. The zero-order chi connectivity index (χ0) is 20.2. The number of hydrogen-bond acceptors (Lipinski definition) is 9. The maximum Gasteiger partial charge on any atom is 0.478 e. The largest absolute Gasteiger partial charge is 0.756 e. The number of nitrogen functional groups attached to an aromatic ring is 1. The number of nitrogens with zero attached hydrogens (tertiary/aromatic N) is 3. The highest BCUT2D eigenvalue weighted by Gasteiger charge is 2.27. The highest BCUT2D eigenvalue weighted by molar-refractivity contribution is 7.60. The molecule has 2 unspecified atom stereocenters. The van der Waals surface area contributed by atoms with Crippen LogP contribution >= 0.6 is 27.0 Å². The average molecular weight is 438 g/mol. The first kappa shape index (κ1) is 22.1. The molecule has 4 N–H and O–H groups in total. The third kappa shape index (κ3) is 6.70. The molecule has 0 bridgehead atoms. The van der Waals surface area contributed by atoms with Crippen molar-refractivity contribution < 1.29 is 37.2 Å². The Kier molecular flexibility index (Phi) is 7.23. The van der Waals surface area contributed by atoms with Gasteiger partial charge in [0, 0.05) is 26.0 Å². The SMILES string of the molecule is CCc1ncc(C[n+]2csc(CCOP(=O)(O)OP(=O)([O-])O)c2C)c(N)n1. The fraction of sp³-hybridized carbons (Fsp3) is 0.462. The van der Waals surface area contributed by atoms with Crippen LogP contribution in [0, 0.1) is 6.92 Å². The Bertz CT molecular complexity index is 901. The molecule has 0 amide bonds. The summed E-state index contributed by atoms with van der Waals surface area (Å²) in [7, 11) is -10.3. The summed E-state index contributed by atoms with van der Waals surface area (Å²) in [5, 5.41) is 0. The summed E-state index contributed by atoms with van der Waals surface area (Å²) in [5.41, 5.74) is 9.46. The minimum atomic E-state index is -5.37. The summed E-state index contributed by atoms with van der Waals surface area (Å²) in [6.07, 6.45) is 2.62. The van der Waals surface area contributed by atoms with Crippen molar-refractivity contribution in [3.05, 3.63) is 33.7 Å². The lowest BCUT2D eigenvalue weighted by molar-refractivity contribution is -0.689. The molecular formula is C13H20N4O7P2S. The van der Waals surface area contributed by atoms with Crippen LogP contribution in [0.25, 0.3) is 0 Å². The molecule has 0 saturated heterocycles. The van der Waals surface area contributed by atoms with E-state index in [4.69, 9.17) is 10.6 Å². The van der Waals surface area contributed by atoms with Gasteiger partial charge >= 0.3 is 7.82 Å². The average Bonchev–Trinajstić information content (AvgIpc) is 2.87. The summed E-state index contributed by atoms with van der Waals surface area (Å²) in [4.78, 5) is 37.5. The Labute approximate surface area is 159 Å². The van der Waals surface area contributed by atoms with Crippen molar-refractivity contribution in [1.29, 1.82) is 0 Å². The smallest absolute Gasteiger partial charge is 0.478 e. The molecule has 0 aliphatic carbocycles. The van der Waals surface area contributed by atoms with E-state index in [9.17, 15) is 18.9 Å². The first-order valence-corrected chi connectivity index (χ1v) is 11.7. The van der Waals surface area contributed by atoms with Crippen molar-refractivity contribution in [2.24, 2.45) is 0 Å². The molecule has 0 radical (unpaired) electrons. The Morgan fingerprint density at radius 2 is 2.11 bits per heavy atom. The Morgan fingerprint density at radius 1 is 1.41 bits per heavy atom. The highest BCUT2D eigenvalue weighted by Crippen LogP contribution is 2.55. The Hall–Kier alpha value is -1.23. The second-order valence-corrected chi connectivity index (χ2v) is 9.24. The number of phosphoric ester groups is 1. The van der Waals surface area contributed by atoms with E-state index in [0.29, 0.717) is 24.6 Å². The van der Waals surface area contributed by atoms with Crippen LogP contribution in [0.15, 0.2) is 11.7 Å². The molecule has 0 aromatic carbocycles. The van der Waals surface area contributed by atoms with Crippen LogP contribution in [0.2, 0.25) is 0 Å². The number of anilines is 1. The lowest BCUT2D eigenvalue weighted by atomic mass is 10.2. The van der Waals surface area contributed by atoms with Gasteiger partial charge in [-0.25, -0.2) is 18.8 Å². The minimum Gasteiger partial charge on any atom is -0.756 e. The van der Waals surface area contributed by atoms with Crippen LogP contribution in [-0.2, 0) is 37.4 Å². The molecule has 0 saturated carbocycles. The predicted molar refractivity (Wildman–Crippen MR) is 94.6 cm³/mol. The lowest BCUT2D eigenvalue weighted by Crippen LogP contribution is -2.35. The third-order valence-electron chi connectivity index (χ3n) is 3.55. The number of thiazole rings is 1. The van der Waals surface area contributed by atoms with Crippen molar-refractivity contribution in [2.75, 3.05) is 12.3 Å². The summed E-state index contributed by atoms with van der Waals surface area (Å²) < 4.78 is 32.0. The van der Waals surface area contributed by atoms with E-state index in [2.05, 4.69) is 18.8 Å². The van der Waals surface area contributed by atoms with E-state index in [1.807, 2.05) is 23.9 Å². The van der Waals surface area contributed by atoms with Gasteiger partial charge in [0.15, 0.2) is 12.2 Å². The van der Waals surface area contributed by atoms with Gasteiger partial charge in [-0.05, 0) is 0 Å². The molecule has 27 heavy (non-hydrogen) atoms. The van der Waals surface area contributed by atoms with Crippen molar-refractivity contribution in [3.63, 3.8) is 0 Å². The standard InChI is InChI=1S/C13H20N4O7P2S/c1-3-12-15-6-10(13(14)16-12)7-17-8-27-11(9(17)2)4-5-23-26(21,22)24-25(18,19)20/h6,8H,3-5,7H2,1-2H3,(H4-,14,15,16,18,19,20,21,22).